The van der Waals surface area contributed by atoms with Gasteiger partial charge < -0.3 is 5.11 Å². The predicted molar refractivity (Wildman–Crippen MR) is 94.2 cm³/mol. The lowest BCUT2D eigenvalue weighted by Crippen LogP contribution is -2.23. The van der Waals surface area contributed by atoms with Gasteiger partial charge in [0.25, 0.3) is 9.84 Å². The Morgan fingerprint density at radius 3 is 2.25 bits per heavy atom. The van der Waals surface area contributed by atoms with Crippen LogP contribution in [0.25, 0.3) is 17.2 Å². The number of fused-ring (bicyclic) bond motifs is 1. The Morgan fingerprint density at radius 1 is 1.04 bits per heavy atom. The third-order valence-corrected chi connectivity index (χ3v) is 5.63. The van der Waals surface area contributed by atoms with Crippen molar-refractivity contribution in [3.63, 3.8) is 0 Å². The number of carboxylic acids is 1. The normalized spacial score (nSPS) is 15.4. The highest BCUT2D eigenvalue weighted by Crippen LogP contribution is 2.38. The molecule has 0 heterocycles. The fourth-order valence-corrected chi connectivity index (χ4v) is 3.62. The van der Waals surface area contributed by atoms with Gasteiger partial charge in [0.2, 0.25) is 0 Å². The molecule has 0 saturated carbocycles. The molecule has 146 valence electrons. The van der Waals surface area contributed by atoms with Gasteiger partial charge >= 0.3 is 11.5 Å². The Hall–Kier alpha value is -2.94. The molecular formula is C19H12F4O4S. The molecule has 3 rings (SSSR count). The van der Waals surface area contributed by atoms with Crippen molar-refractivity contribution in [3.05, 3.63) is 71.0 Å². The standard InChI is InChI=1S/C19H12F4O4S/c20-14-3-6-16-12(8-13(9-18(24)25)17(16)10-14)7-11-1-4-15(5-2-11)28(26,27)19(21,22)23/h1-8,10H,9H2,(H,24,25)/b12-7+. The van der Waals surface area contributed by atoms with E-state index in [2.05, 4.69) is 0 Å². The van der Waals surface area contributed by atoms with Crippen LogP contribution >= 0.6 is 0 Å². The van der Waals surface area contributed by atoms with Gasteiger partial charge in [0.05, 0.1) is 11.3 Å². The van der Waals surface area contributed by atoms with Crippen molar-refractivity contribution in [2.45, 2.75) is 16.8 Å². The Balaban J connectivity index is 2.00. The van der Waals surface area contributed by atoms with E-state index in [1.165, 1.54) is 30.3 Å². The lowest BCUT2D eigenvalue weighted by molar-refractivity contribution is -0.135. The van der Waals surface area contributed by atoms with Gasteiger partial charge in [-0.2, -0.15) is 13.2 Å². The number of alkyl halides is 3. The second-order valence-electron chi connectivity index (χ2n) is 6.05. The predicted octanol–water partition coefficient (Wildman–Crippen LogP) is 4.53. The quantitative estimate of drug-likeness (QED) is 0.749. The Labute approximate surface area is 157 Å². The zero-order chi connectivity index (χ0) is 20.7. The Bertz CT molecular complexity index is 1110. The summed E-state index contributed by atoms with van der Waals surface area (Å²) in [5.41, 5.74) is -3.06. The lowest BCUT2D eigenvalue weighted by Gasteiger charge is -2.08. The van der Waals surface area contributed by atoms with Crippen LogP contribution in [0.15, 0.2) is 53.4 Å². The second kappa shape index (κ2) is 6.90. The summed E-state index contributed by atoms with van der Waals surface area (Å²) in [6.07, 6.45) is 2.78. The van der Waals surface area contributed by atoms with E-state index in [1.807, 2.05) is 0 Å². The molecule has 1 aliphatic carbocycles. The molecule has 28 heavy (non-hydrogen) atoms. The van der Waals surface area contributed by atoms with Crippen molar-refractivity contribution in [2.24, 2.45) is 0 Å². The van der Waals surface area contributed by atoms with E-state index in [0.29, 0.717) is 27.8 Å². The zero-order valence-corrected chi connectivity index (χ0v) is 14.8. The number of hydrogen-bond acceptors (Lipinski definition) is 3. The van der Waals surface area contributed by atoms with Gasteiger partial charge in [0, 0.05) is 0 Å². The van der Waals surface area contributed by atoms with E-state index in [4.69, 9.17) is 5.11 Å². The summed E-state index contributed by atoms with van der Waals surface area (Å²) in [5, 5.41) is 9.01. The van der Waals surface area contributed by atoms with E-state index in [9.17, 15) is 30.8 Å². The summed E-state index contributed by atoms with van der Waals surface area (Å²) in [6, 6.07) is 8.00. The van der Waals surface area contributed by atoms with E-state index >= 15 is 0 Å². The number of hydrogen-bond donors (Lipinski definition) is 1. The first-order valence-electron chi connectivity index (χ1n) is 7.85. The average molecular weight is 412 g/mol. The fraction of sp³-hybridized carbons (Fsp3) is 0.105. The van der Waals surface area contributed by atoms with Gasteiger partial charge in [-0.05, 0) is 64.3 Å². The van der Waals surface area contributed by atoms with Crippen LogP contribution in [-0.2, 0) is 14.6 Å². The molecule has 0 aromatic heterocycles. The molecule has 2 aromatic carbocycles. The number of carboxylic acid groups (broad SMARTS) is 1. The van der Waals surface area contributed by atoms with E-state index in [0.717, 1.165) is 12.1 Å². The van der Waals surface area contributed by atoms with Crippen LogP contribution in [-0.4, -0.2) is 25.0 Å². The minimum absolute atomic E-state index is 0.323. The summed E-state index contributed by atoms with van der Waals surface area (Å²) < 4.78 is 74.2. The summed E-state index contributed by atoms with van der Waals surface area (Å²) in [7, 11) is -5.44. The van der Waals surface area contributed by atoms with Crippen LogP contribution in [0.3, 0.4) is 0 Å². The maximum absolute atomic E-state index is 13.5. The summed E-state index contributed by atoms with van der Waals surface area (Å²) in [6.45, 7) is 0. The third kappa shape index (κ3) is 3.70. The highest BCUT2D eigenvalue weighted by Gasteiger charge is 2.46. The Morgan fingerprint density at radius 2 is 1.68 bits per heavy atom. The first kappa shape index (κ1) is 19.8. The van der Waals surface area contributed by atoms with Crippen molar-refractivity contribution in [1.29, 1.82) is 0 Å². The molecule has 9 heteroatoms. The van der Waals surface area contributed by atoms with Crippen molar-refractivity contribution in [2.75, 3.05) is 0 Å². The molecule has 0 spiro atoms. The molecule has 0 amide bonds. The fourth-order valence-electron chi connectivity index (χ4n) is 2.86. The highest BCUT2D eigenvalue weighted by molar-refractivity contribution is 7.92. The molecule has 0 saturated heterocycles. The van der Waals surface area contributed by atoms with Crippen LogP contribution in [0.1, 0.15) is 23.1 Å². The minimum atomic E-state index is -5.44. The molecule has 0 aliphatic heterocycles. The maximum atomic E-state index is 13.5. The van der Waals surface area contributed by atoms with Crippen LogP contribution < -0.4 is 0 Å². The van der Waals surface area contributed by atoms with Gasteiger partial charge in [-0.15, -0.1) is 0 Å². The first-order valence-corrected chi connectivity index (χ1v) is 9.33. The zero-order valence-electron chi connectivity index (χ0n) is 14.0. The second-order valence-corrected chi connectivity index (χ2v) is 7.99. The molecule has 4 nitrogen and oxygen atoms in total. The molecule has 0 radical (unpaired) electrons. The van der Waals surface area contributed by atoms with Gasteiger partial charge in [0.1, 0.15) is 5.82 Å². The molecule has 0 fully saturated rings. The molecular weight excluding hydrogens is 400 g/mol. The van der Waals surface area contributed by atoms with Gasteiger partial charge in [-0.3, -0.25) is 4.79 Å². The molecule has 2 aromatic rings. The number of halogens is 4. The van der Waals surface area contributed by atoms with Crippen LogP contribution in [0.5, 0.6) is 0 Å². The van der Waals surface area contributed by atoms with E-state index < -0.39 is 32.0 Å². The highest BCUT2D eigenvalue weighted by atomic mass is 32.2. The SMILES string of the molecule is O=C(O)CC1=C/C(=C\c2ccc(S(=O)(=O)C(F)(F)F)cc2)c2ccc(F)cc21. The van der Waals surface area contributed by atoms with Crippen molar-refractivity contribution in [3.8, 4) is 0 Å². The van der Waals surface area contributed by atoms with Gasteiger partial charge in [-0.25, -0.2) is 12.8 Å². The van der Waals surface area contributed by atoms with Crippen molar-refractivity contribution < 1.29 is 35.9 Å². The topological polar surface area (TPSA) is 71.4 Å². The third-order valence-electron chi connectivity index (χ3n) is 4.13. The van der Waals surface area contributed by atoms with Crippen molar-refractivity contribution in [1.82, 2.24) is 0 Å². The summed E-state index contributed by atoms with van der Waals surface area (Å²) >= 11 is 0. The Kier molecular flexibility index (Phi) is 4.88. The lowest BCUT2D eigenvalue weighted by atomic mass is 10.0. The summed E-state index contributed by atoms with van der Waals surface area (Å²) in [5.74, 6) is -1.62. The van der Waals surface area contributed by atoms with Crippen LogP contribution in [0, 0.1) is 5.82 Å². The van der Waals surface area contributed by atoms with Crippen LogP contribution in [0.2, 0.25) is 0 Å². The minimum Gasteiger partial charge on any atom is -0.481 e. The molecule has 0 unspecified atom stereocenters. The number of aliphatic carboxylic acids is 1. The number of allylic oxidation sites excluding steroid dienone is 2. The monoisotopic (exact) mass is 412 g/mol. The maximum Gasteiger partial charge on any atom is 0.501 e. The molecule has 0 atom stereocenters. The van der Waals surface area contributed by atoms with Gasteiger partial charge in [0.15, 0.2) is 0 Å². The number of benzene rings is 2. The van der Waals surface area contributed by atoms with Crippen molar-refractivity contribution >= 4 is 33.0 Å². The van der Waals surface area contributed by atoms with Gasteiger partial charge in [-0.1, -0.05) is 18.2 Å². The summed E-state index contributed by atoms with van der Waals surface area (Å²) in [4.78, 5) is 10.1. The molecule has 0 bridgehead atoms. The number of carbonyl (C=O) groups is 1. The molecule has 1 aliphatic rings. The number of sulfone groups is 1. The smallest absolute Gasteiger partial charge is 0.481 e. The van der Waals surface area contributed by atoms with E-state index in [-0.39, 0.29) is 6.42 Å². The average Bonchev–Trinajstić information content (AvgIpc) is 2.90. The number of rotatable bonds is 4. The van der Waals surface area contributed by atoms with Crippen LogP contribution in [0.4, 0.5) is 17.6 Å². The molecule has 1 N–H and O–H groups in total. The first-order chi connectivity index (χ1) is 13.0. The largest absolute Gasteiger partial charge is 0.501 e. The van der Waals surface area contributed by atoms with E-state index in [1.54, 1.807) is 12.2 Å².